The summed E-state index contributed by atoms with van der Waals surface area (Å²) < 4.78 is 0. The minimum atomic E-state index is -0.997. The molecule has 84 valence electrons. The number of aliphatic carboxylic acids is 2. The molecule has 1 saturated carbocycles. The number of hydrogen-bond acceptors (Lipinski definition) is 2. The van der Waals surface area contributed by atoms with Crippen LogP contribution in [-0.2, 0) is 9.59 Å². The van der Waals surface area contributed by atoms with E-state index in [0.29, 0.717) is 0 Å². The maximum atomic E-state index is 11.2. The molecule has 0 radical (unpaired) electrons. The van der Waals surface area contributed by atoms with Crippen molar-refractivity contribution < 1.29 is 19.8 Å². The zero-order valence-electron chi connectivity index (χ0n) is 9.02. The van der Waals surface area contributed by atoms with Crippen molar-refractivity contribution in [2.45, 2.75) is 13.8 Å². The summed E-state index contributed by atoms with van der Waals surface area (Å²) in [5.74, 6) is -1.56. The lowest BCUT2D eigenvalue weighted by atomic mass is 9.69. The van der Waals surface area contributed by atoms with Crippen LogP contribution in [0, 0.1) is 22.7 Å². The summed E-state index contributed by atoms with van der Waals surface area (Å²) in [6.45, 7) is 3.74. The molecular formula is C12H12O4. The van der Waals surface area contributed by atoms with Crippen molar-refractivity contribution in [3.63, 3.8) is 0 Å². The largest absolute Gasteiger partial charge is 0.478 e. The third-order valence-electron chi connectivity index (χ3n) is 4.97. The molecule has 16 heavy (non-hydrogen) atoms. The van der Waals surface area contributed by atoms with Gasteiger partial charge in [-0.3, -0.25) is 0 Å². The first-order valence-electron chi connectivity index (χ1n) is 5.26. The highest BCUT2D eigenvalue weighted by Crippen LogP contribution is 2.81. The second-order valence-electron chi connectivity index (χ2n) is 5.23. The maximum absolute atomic E-state index is 11.2. The standard InChI is InChI=1S/C12H12O4/c1-11-5-3-7(9(13)14)12(11,2)8(10(15)16)4-6(5)11/h3-6H,1-2H3,(H,13,14)(H,15,16). The molecule has 3 aliphatic carbocycles. The molecule has 3 rings (SSSR count). The quantitative estimate of drug-likeness (QED) is 0.735. The summed E-state index contributed by atoms with van der Waals surface area (Å²) in [5, 5.41) is 18.3. The molecule has 0 aromatic carbocycles. The van der Waals surface area contributed by atoms with Crippen LogP contribution >= 0.6 is 0 Å². The van der Waals surface area contributed by atoms with Gasteiger partial charge in [0, 0.05) is 16.6 Å². The number of carboxylic acids is 2. The highest BCUT2D eigenvalue weighted by atomic mass is 16.4. The first-order chi connectivity index (χ1) is 7.35. The van der Waals surface area contributed by atoms with Gasteiger partial charge in [-0.05, 0) is 17.3 Å². The van der Waals surface area contributed by atoms with Gasteiger partial charge in [0.05, 0.1) is 0 Å². The van der Waals surface area contributed by atoms with E-state index in [1.54, 1.807) is 19.1 Å². The molecule has 3 aliphatic rings. The lowest BCUT2D eigenvalue weighted by Crippen LogP contribution is -2.33. The van der Waals surface area contributed by atoms with E-state index >= 15 is 0 Å². The predicted molar refractivity (Wildman–Crippen MR) is 54.6 cm³/mol. The molecule has 1 fully saturated rings. The average molecular weight is 220 g/mol. The fourth-order valence-corrected chi connectivity index (χ4v) is 3.79. The van der Waals surface area contributed by atoms with Crippen LogP contribution in [0.25, 0.3) is 0 Å². The molecule has 0 aromatic heterocycles. The summed E-state index contributed by atoms with van der Waals surface area (Å²) in [5.41, 5.74) is -0.529. The van der Waals surface area contributed by atoms with Gasteiger partial charge < -0.3 is 10.2 Å². The van der Waals surface area contributed by atoms with Crippen LogP contribution in [0.1, 0.15) is 13.8 Å². The summed E-state index contributed by atoms with van der Waals surface area (Å²) >= 11 is 0. The highest BCUT2D eigenvalue weighted by molar-refractivity contribution is 5.99. The first kappa shape index (κ1) is 9.63. The Balaban J connectivity index is 2.20. The maximum Gasteiger partial charge on any atom is 0.332 e. The summed E-state index contributed by atoms with van der Waals surface area (Å²) in [6.07, 6.45) is 3.50. The van der Waals surface area contributed by atoms with Gasteiger partial charge >= 0.3 is 11.9 Å². The van der Waals surface area contributed by atoms with Gasteiger partial charge in [0.25, 0.3) is 0 Å². The van der Waals surface area contributed by atoms with Crippen LogP contribution in [0.5, 0.6) is 0 Å². The van der Waals surface area contributed by atoms with Crippen molar-refractivity contribution in [2.75, 3.05) is 0 Å². The second-order valence-corrected chi connectivity index (χ2v) is 5.23. The van der Waals surface area contributed by atoms with Crippen LogP contribution < -0.4 is 0 Å². The van der Waals surface area contributed by atoms with Gasteiger partial charge in [-0.2, -0.15) is 0 Å². The van der Waals surface area contributed by atoms with E-state index in [0.717, 1.165) is 0 Å². The lowest BCUT2D eigenvalue weighted by molar-refractivity contribution is -0.135. The third-order valence-corrected chi connectivity index (χ3v) is 4.97. The summed E-state index contributed by atoms with van der Waals surface area (Å²) in [4.78, 5) is 22.4. The van der Waals surface area contributed by atoms with E-state index in [1.165, 1.54) is 0 Å². The Bertz CT molecular complexity index is 459. The van der Waals surface area contributed by atoms with Gasteiger partial charge in [-0.25, -0.2) is 9.59 Å². The molecule has 2 N–H and O–H groups in total. The van der Waals surface area contributed by atoms with Crippen LogP contribution in [0.3, 0.4) is 0 Å². The highest BCUT2D eigenvalue weighted by Gasteiger charge is 2.78. The fraction of sp³-hybridized carbons (Fsp3) is 0.500. The number of hydrogen-bond donors (Lipinski definition) is 2. The molecule has 2 unspecified atom stereocenters. The Morgan fingerprint density at radius 3 is 1.75 bits per heavy atom. The molecule has 0 aliphatic heterocycles. The van der Waals surface area contributed by atoms with Gasteiger partial charge in [0.2, 0.25) is 0 Å². The minimum absolute atomic E-state index is 0.214. The van der Waals surface area contributed by atoms with Crippen LogP contribution in [-0.4, -0.2) is 22.2 Å². The minimum Gasteiger partial charge on any atom is -0.478 e. The molecule has 4 nitrogen and oxygen atoms in total. The number of rotatable bonds is 2. The van der Waals surface area contributed by atoms with Crippen LogP contribution in [0.15, 0.2) is 23.3 Å². The normalized spacial score (nSPS) is 47.1. The van der Waals surface area contributed by atoms with E-state index in [-0.39, 0.29) is 28.4 Å². The van der Waals surface area contributed by atoms with Crippen molar-refractivity contribution in [1.82, 2.24) is 0 Å². The van der Waals surface area contributed by atoms with Crippen molar-refractivity contribution in [3.05, 3.63) is 23.3 Å². The smallest absolute Gasteiger partial charge is 0.332 e. The zero-order chi connectivity index (χ0) is 11.9. The fourth-order valence-electron chi connectivity index (χ4n) is 3.79. The molecule has 0 saturated heterocycles. The second kappa shape index (κ2) is 2.24. The molecule has 0 heterocycles. The number of allylic oxidation sites excluding steroid dienone is 2. The SMILES string of the molecule is CC12C(C(=O)O)=CC3C(C=C1C(=O)O)C32C. The average Bonchev–Trinajstić information content (AvgIpc) is 2.61. The Morgan fingerprint density at radius 1 is 1.06 bits per heavy atom. The van der Waals surface area contributed by atoms with Gasteiger partial charge in [-0.15, -0.1) is 0 Å². The van der Waals surface area contributed by atoms with Crippen molar-refractivity contribution in [2.24, 2.45) is 22.7 Å². The topological polar surface area (TPSA) is 74.6 Å². The molecule has 0 aromatic rings. The Kier molecular flexibility index (Phi) is 1.35. The Labute approximate surface area is 92.3 Å². The Morgan fingerprint density at radius 2 is 1.44 bits per heavy atom. The van der Waals surface area contributed by atoms with E-state index in [4.69, 9.17) is 10.2 Å². The lowest BCUT2D eigenvalue weighted by Gasteiger charge is -2.32. The monoisotopic (exact) mass is 220 g/mol. The first-order valence-corrected chi connectivity index (χ1v) is 5.26. The van der Waals surface area contributed by atoms with E-state index in [2.05, 4.69) is 0 Å². The van der Waals surface area contributed by atoms with Crippen molar-refractivity contribution in [1.29, 1.82) is 0 Å². The number of fused-ring (bicyclic) bond motifs is 1. The number of carbonyl (C=O) groups is 2. The predicted octanol–water partition coefficient (Wildman–Crippen LogP) is 1.29. The van der Waals surface area contributed by atoms with Gasteiger partial charge in [0.15, 0.2) is 0 Å². The van der Waals surface area contributed by atoms with Crippen LogP contribution in [0.2, 0.25) is 0 Å². The number of carboxylic acid groups (broad SMARTS) is 2. The van der Waals surface area contributed by atoms with E-state index in [9.17, 15) is 9.59 Å². The van der Waals surface area contributed by atoms with Crippen molar-refractivity contribution >= 4 is 11.9 Å². The van der Waals surface area contributed by atoms with Crippen LogP contribution in [0.4, 0.5) is 0 Å². The van der Waals surface area contributed by atoms with E-state index < -0.39 is 17.4 Å². The molecule has 0 spiro atoms. The summed E-state index contributed by atoms with van der Waals surface area (Å²) in [7, 11) is 0. The molecule has 2 atom stereocenters. The van der Waals surface area contributed by atoms with E-state index in [1.807, 2.05) is 6.92 Å². The molecule has 0 amide bonds. The summed E-state index contributed by atoms with van der Waals surface area (Å²) in [6, 6.07) is 0. The molecule has 0 bridgehead atoms. The zero-order valence-corrected chi connectivity index (χ0v) is 9.02. The van der Waals surface area contributed by atoms with Gasteiger partial charge in [-0.1, -0.05) is 26.0 Å². The molecular weight excluding hydrogens is 208 g/mol. The molecule has 4 heteroatoms. The Hall–Kier alpha value is -1.58. The van der Waals surface area contributed by atoms with Gasteiger partial charge in [0.1, 0.15) is 0 Å². The van der Waals surface area contributed by atoms with Crippen molar-refractivity contribution in [3.8, 4) is 0 Å². The third kappa shape index (κ3) is 0.663.